The summed E-state index contributed by atoms with van der Waals surface area (Å²) < 4.78 is 0. The van der Waals surface area contributed by atoms with Gasteiger partial charge in [0, 0.05) is 10.9 Å². The van der Waals surface area contributed by atoms with Crippen LogP contribution in [0.15, 0.2) is 24.3 Å². The third-order valence-electron chi connectivity index (χ3n) is 1.98. The predicted molar refractivity (Wildman–Crippen MR) is 50.5 cm³/mol. The van der Waals surface area contributed by atoms with Crippen LogP contribution in [0.1, 0.15) is 25.3 Å². The number of rotatable bonds is 2. The van der Waals surface area contributed by atoms with Crippen molar-refractivity contribution in [3.63, 3.8) is 0 Å². The summed E-state index contributed by atoms with van der Waals surface area (Å²) in [6.07, 6.45) is 0. The summed E-state index contributed by atoms with van der Waals surface area (Å²) >= 11 is 5.91. The van der Waals surface area contributed by atoms with Crippen LogP contribution in [-0.2, 0) is 4.79 Å². The zero-order valence-electron chi connectivity index (χ0n) is 7.17. The van der Waals surface area contributed by atoms with Gasteiger partial charge in [-0.15, -0.1) is 0 Å². The molecule has 1 nitrogen and oxygen atoms in total. The second-order valence-corrected chi connectivity index (χ2v) is 3.26. The Morgan fingerprint density at radius 1 is 1.42 bits per heavy atom. The maximum atomic E-state index is 11.0. The fourth-order valence-electron chi connectivity index (χ4n) is 1.05. The summed E-state index contributed by atoms with van der Waals surface area (Å²) in [4.78, 5) is 11.0. The van der Waals surface area contributed by atoms with E-state index in [0.29, 0.717) is 5.02 Å². The zero-order chi connectivity index (χ0) is 9.14. The van der Waals surface area contributed by atoms with Crippen molar-refractivity contribution in [1.82, 2.24) is 0 Å². The van der Waals surface area contributed by atoms with Crippen molar-refractivity contribution < 1.29 is 4.79 Å². The lowest BCUT2D eigenvalue weighted by atomic mass is 9.98. The first-order valence-corrected chi connectivity index (χ1v) is 4.25. The molecule has 0 bridgehead atoms. The first-order chi connectivity index (χ1) is 5.63. The molecule has 0 fully saturated rings. The summed E-state index contributed by atoms with van der Waals surface area (Å²) in [5.74, 6) is 0.0433. The topological polar surface area (TPSA) is 17.1 Å². The van der Waals surface area contributed by atoms with Gasteiger partial charge in [-0.2, -0.15) is 0 Å². The quantitative estimate of drug-likeness (QED) is 0.687. The van der Waals surface area contributed by atoms with Gasteiger partial charge in [-0.3, -0.25) is 4.79 Å². The van der Waals surface area contributed by atoms with E-state index in [0.717, 1.165) is 5.56 Å². The van der Waals surface area contributed by atoms with Crippen molar-refractivity contribution >= 4 is 17.4 Å². The Kier molecular flexibility index (Phi) is 2.88. The summed E-state index contributed by atoms with van der Waals surface area (Å²) in [6.45, 7) is 3.44. The van der Waals surface area contributed by atoms with Crippen LogP contribution in [0.4, 0.5) is 0 Å². The molecule has 0 N–H and O–H groups in total. The number of carbonyl (C=O) groups excluding carboxylic acids is 1. The molecule has 1 aromatic carbocycles. The van der Waals surface area contributed by atoms with Crippen molar-refractivity contribution in [2.45, 2.75) is 19.8 Å². The van der Waals surface area contributed by atoms with E-state index in [1.165, 1.54) is 0 Å². The molecule has 0 aromatic heterocycles. The maximum Gasteiger partial charge on any atom is 0.137 e. The molecule has 0 aliphatic carbocycles. The smallest absolute Gasteiger partial charge is 0.137 e. The lowest BCUT2D eigenvalue weighted by Crippen LogP contribution is -2.04. The molecule has 0 spiro atoms. The molecule has 2 heteroatoms. The molecule has 1 rings (SSSR count). The molecular formula is C10H11ClO. The summed E-state index contributed by atoms with van der Waals surface area (Å²) in [5.41, 5.74) is 0.909. The average molecular weight is 183 g/mol. The molecule has 0 aliphatic heterocycles. The average Bonchev–Trinajstić information content (AvgIpc) is 2.04. The first kappa shape index (κ1) is 9.27. The van der Waals surface area contributed by atoms with Gasteiger partial charge in [-0.25, -0.2) is 0 Å². The number of hydrogen-bond acceptors (Lipinski definition) is 1. The fourth-order valence-corrected chi connectivity index (χ4v) is 1.34. The Hall–Kier alpha value is -0.820. The maximum absolute atomic E-state index is 11.0. The summed E-state index contributed by atoms with van der Waals surface area (Å²) in [7, 11) is 0. The van der Waals surface area contributed by atoms with E-state index in [2.05, 4.69) is 0 Å². The van der Waals surface area contributed by atoms with E-state index in [1.807, 2.05) is 25.1 Å². The molecule has 0 saturated carbocycles. The van der Waals surface area contributed by atoms with E-state index in [4.69, 9.17) is 11.6 Å². The molecule has 0 heterocycles. The van der Waals surface area contributed by atoms with Gasteiger partial charge < -0.3 is 0 Å². The second kappa shape index (κ2) is 3.72. The Labute approximate surface area is 77.4 Å². The van der Waals surface area contributed by atoms with Gasteiger partial charge in [0.15, 0.2) is 0 Å². The van der Waals surface area contributed by atoms with Crippen molar-refractivity contribution in [2.24, 2.45) is 0 Å². The molecule has 0 saturated heterocycles. The van der Waals surface area contributed by atoms with Gasteiger partial charge >= 0.3 is 0 Å². The van der Waals surface area contributed by atoms with Gasteiger partial charge in [0.2, 0.25) is 0 Å². The number of halogens is 1. The molecule has 1 aromatic rings. The number of hydrogen-bond donors (Lipinski definition) is 0. The fraction of sp³-hybridized carbons (Fsp3) is 0.300. The number of benzene rings is 1. The first-order valence-electron chi connectivity index (χ1n) is 3.88. The summed E-state index contributed by atoms with van der Waals surface area (Å²) in [5, 5.41) is 0.667. The minimum Gasteiger partial charge on any atom is -0.299 e. The van der Waals surface area contributed by atoms with Crippen LogP contribution < -0.4 is 0 Å². The van der Waals surface area contributed by atoms with Crippen molar-refractivity contribution in [1.29, 1.82) is 0 Å². The normalized spacial score (nSPS) is 12.6. The molecule has 64 valence electrons. The second-order valence-electron chi connectivity index (χ2n) is 2.85. The highest BCUT2D eigenvalue weighted by Crippen LogP contribution is 2.24. The molecule has 1 unspecified atom stereocenters. The van der Waals surface area contributed by atoms with Crippen LogP contribution in [0, 0.1) is 0 Å². The van der Waals surface area contributed by atoms with Crippen molar-refractivity contribution in [3.8, 4) is 0 Å². The number of Topliss-reactive ketones (excluding diaryl/α,β-unsaturated/α-hetero) is 1. The largest absolute Gasteiger partial charge is 0.299 e. The van der Waals surface area contributed by atoms with Gasteiger partial charge in [0.05, 0.1) is 0 Å². The van der Waals surface area contributed by atoms with E-state index >= 15 is 0 Å². The van der Waals surface area contributed by atoms with Crippen LogP contribution in [0.25, 0.3) is 0 Å². The van der Waals surface area contributed by atoms with Crippen LogP contribution in [-0.4, -0.2) is 5.78 Å². The Morgan fingerprint density at radius 2 is 2.00 bits per heavy atom. The molecular weight excluding hydrogens is 172 g/mol. The van der Waals surface area contributed by atoms with E-state index in [-0.39, 0.29) is 11.7 Å². The molecule has 0 amide bonds. The lowest BCUT2D eigenvalue weighted by molar-refractivity contribution is -0.118. The van der Waals surface area contributed by atoms with E-state index in [1.54, 1.807) is 13.0 Å². The predicted octanol–water partition coefficient (Wildman–Crippen LogP) is 3.03. The third kappa shape index (κ3) is 1.86. The SMILES string of the molecule is CC(=O)C(C)c1ccccc1Cl. The van der Waals surface area contributed by atoms with Crippen LogP contribution in [0.5, 0.6) is 0 Å². The van der Waals surface area contributed by atoms with Crippen molar-refractivity contribution in [2.75, 3.05) is 0 Å². The standard InChI is InChI=1S/C10H11ClO/c1-7(8(2)12)9-5-3-4-6-10(9)11/h3-7H,1-2H3. The van der Waals surface area contributed by atoms with Crippen LogP contribution >= 0.6 is 11.6 Å². The van der Waals surface area contributed by atoms with Gasteiger partial charge in [-0.1, -0.05) is 36.7 Å². The molecule has 0 aliphatic rings. The van der Waals surface area contributed by atoms with Crippen LogP contribution in [0.2, 0.25) is 5.02 Å². The Bertz CT molecular complexity index is 294. The van der Waals surface area contributed by atoms with Crippen molar-refractivity contribution in [3.05, 3.63) is 34.9 Å². The lowest BCUT2D eigenvalue weighted by Gasteiger charge is -2.08. The van der Waals surface area contributed by atoms with Gasteiger partial charge in [0.25, 0.3) is 0 Å². The number of carbonyl (C=O) groups is 1. The highest BCUT2D eigenvalue weighted by atomic mass is 35.5. The number of ketones is 1. The molecule has 1 atom stereocenters. The third-order valence-corrected chi connectivity index (χ3v) is 2.33. The van der Waals surface area contributed by atoms with E-state index in [9.17, 15) is 4.79 Å². The monoisotopic (exact) mass is 182 g/mol. The minimum absolute atomic E-state index is 0.0984. The summed E-state index contributed by atoms with van der Waals surface area (Å²) in [6, 6.07) is 7.43. The van der Waals surface area contributed by atoms with Gasteiger partial charge in [0.1, 0.15) is 5.78 Å². The van der Waals surface area contributed by atoms with E-state index < -0.39 is 0 Å². The molecule has 0 radical (unpaired) electrons. The highest BCUT2D eigenvalue weighted by molar-refractivity contribution is 6.31. The minimum atomic E-state index is -0.0984. The van der Waals surface area contributed by atoms with Crippen LogP contribution in [0.3, 0.4) is 0 Å². The Morgan fingerprint density at radius 3 is 2.50 bits per heavy atom. The Balaban J connectivity index is 3.02. The highest BCUT2D eigenvalue weighted by Gasteiger charge is 2.12. The van der Waals surface area contributed by atoms with Gasteiger partial charge in [-0.05, 0) is 18.6 Å². The zero-order valence-corrected chi connectivity index (χ0v) is 7.93. The molecule has 12 heavy (non-hydrogen) atoms.